The van der Waals surface area contributed by atoms with E-state index < -0.39 is 5.97 Å². The third-order valence-corrected chi connectivity index (χ3v) is 3.00. The second-order valence-electron chi connectivity index (χ2n) is 4.09. The molecule has 0 heterocycles. The summed E-state index contributed by atoms with van der Waals surface area (Å²) in [6.45, 7) is 0.323. The number of rotatable bonds is 5. The summed E-state index contributed by atoms with van der Waals surface area (Å²) in [5.74, 6) is 0.171. The first-order chi connectivity index (χ1) is 9.60. The fourth-order valence-corrected chi connectivity index (χ4v) is 1.91. The van der Waals surface area contributed by atoms with Crippen molar-refractivity contribution in [3.8, 4) is 11.5 Å². The smallest absolute Gasteiger partial charge is 0.335 e. The molecule has 1 N–H and O–H groups in total. The summed E-state index contributed by atoms with van der Waals surface area (Å²) in [5.41, 5.74) is 1.06. The van der Waals surface area contributed by atoms with Crippen molar-refractivity contribution in [3.63, 3.8) is 0 Å². The van der Waals surface area contributed by atoms with Gasteiger partial charge in [0.15, 0.2) is 0 Å². The molecule has 0 aliphatic carbocycles. The van der Waals surface area contributed by atoms with Gasteiger partial charge >= 0.3 is 5.97 Å². The Morgan fingerprint density at radius 3 is 2.70 bits per heavy atom. The average molecular weight is 293 g/mol. The molecule has 4 nitrogen and oxygen atoms in total. The molecule has 0 saturated heterocycles. The monoisotopic (exact) mass is 292 g/mol. The van der Waals surface area contributed by atoms with Gasteiger partial charge in [0.25, 0.3) is 0 Å². The molecule has 104 valence electrons. The van der Waals surface area contributed by atoms with Gasteiger partial charge in [0.05, 0.1) is 17.7 Å². The lowest BCUT2D eigenvalue weighted by atomic mass is 10.2. The number of ether oxygens (including phenoxy) is 2. The van der Waals surface area contributed by atoms with Crippen molar-refractivity contribution in [3.05, 3.63) is 58.6 Å². The summed E-state index contributed by atoms with van der Waals surface area (Å²) in [6.07, 6.45) is 0. The summed E-state index contributed by atoms with van der Waals surface area (Å²) in [4.78, 5) is 10.8. The molecule has 0 radical (unpaired) electrons. The normalized spacial score (nSPS) is 10.1. The van der Waals surface area contributed by atoms with Crippen LogP contribution in [0.3, 0.4) is 0 Å². The van der Waals surface area contributed by atoms with Crippen LogP contribution >= 0.6 is 11.6 Å². The van der Waals surface area contributed by atoms with Crippen molar-refractivity contribution in [2.45, 2.75) is 6.61 Å². The van der Waals surface area contributed by atoms with Crippen molar-refractivity contribution in [1.82, 2.24) is 0 Å². The Bertz CT molecular complexity index is 625. The minimum absolute atomic E-state index is 0.128. The maximum atomic E-state index is 10.8. The van der Waals surface area contributed by atoms with Gasteiger partial charge in [-0.2, -0.15) is 0 Å². The molecule has 0 bridgehead atoms. The maximum Gasteiger partial charge on any atom is 0.335 e. The van der Waals surface area contributed by atoms with Gasteiger partial charge in [-0.05, 0) is 35.9 Å². The van der Waals surface area contributed by atoms with E-state index in [9.17, 15) is 4.79 Å². The molecule has 0 amide bonds. The van der Waals surface area contributed by atoms with Crippen molar-refractivity contribution in [2.75, 3.05) is 7.11 Å². The van der Waals surface area contributed by atoms with E-state index in [1.165, 1.54) is 12.1 Å². The highest BCUT2D eigenvalue weighted by Crippen LogP contribution is 2.26. The van der Waals surface area contributed by atoms with Crippen LogP contribution in [0.1, 0.15) is 15.9 Å². The average Bonchev–Trinajstić information content (AvgIpc) is 2.46. The number of methoxy groups -OCH3 is 1. The molecule has 5 heteroatoms. The van der Waals surface area contributed by atoms with Crippen LogP contribution < -0.4 is 9.47 Å². The van der Waals surface area contributed by atoms with Gasteiger partial charge in [-0.25, -0.2) is 4.79 Å². The van der Waals surface area contributed by atoms with Crippen molar-refractivity contribution in [1.29, 1.82) is 0 Å². The van der Waals surface area contributed by atoms with E-state index in [1.807, 2.05) is 24.3 Å². The van der Waals surface area contributed by atoms with Crippen LogP contribution in [-0.4, -0.2) is 18.2 Å². The van der Waals surface area contributed by atoms with Gasteiger partial charge in [0.2, 0.25) is 0 Å². The Hall–Kier alpha value is -2.20. The molecule has 20 heavy (non-hydrogen) atoms. The number of carboxylic acids is 1. The molecule has 0 unspecified atom stereocenters. The number of hydrogen-bond donors (Lipinski definition) is 1. The van der Waals surface area contributed by atoms with E-state index in [2.05, 4.69) is 0 Å². The number of benzene rings is 2. The van der Waals surface area contributed by atoms with Crippen LogP contribution in [0.5, 0.6) is 11.5 Å². The summed E-state index contributed by atoms with van der Waals surface area (Å²) in [5, 5.41) is 9.12. The zero-order valence-corrected chi connectivity index (χ0v) is 11.6. The number of halogens is 1. The Morgan fingerprint density at radius 1 is 1.25 bits per heavy atom. The first kappa shape index (κ1) is 14.2. The minimum Gasteiger partial charge on any atom is -0.497 e. The highest BCUT2D eigenvalue weighted by Gasteiger charge is 2.08. The molecular formula is C15H13ClO4. The molecule has 0 aliphatic rings. The number of aromatic carboxylic acids is 1. The molecule has 0 atom stereocenters. The lowest BCUT2D eigenvalue weighted by Crippen LogP contribution is -1.99. The lowest BCUT2D eigenvalue weighted by molar-refractivity contribution is 0.0697. The van der Waals surface area contributed by atoms with Gasteiger partial charge in [0, 0.05) is 0 Å². The molecule has 0 aromatic heterocycles. The van der Waals surface area contributed by atoms with E-state index >= 15 is 0 Å². The summed E-state index contributed by atoms with van der Waals surface area (Å²) >= 11 is 5.99. The predicted octanol–water partition coefficient (Wildman–Crippen LogP) is 3.63. The number of carbonyl (C=O) groups is 1. The van der Waals surface area contributed by atoms with E-state index in [1.54, 1.807) is 13.2 Å². The first-order valence-electron chi connectivity index (χ1n) is 5.88. The van der Waals surface area contributed by atoms with Gasteiger partial charge in [-0.1, -0.05) is 23.7 Å². The summed E-state index contributed by atoms with van der Waals surface area (Å²) in [6, 6.07) is 11.8. The zero-order valence-electron chi connectivity index (χ0n) is 10.8. The van der Waals surface area contributed by atoms with Gasteiger partial charge < -0.3 is 14.6 Å². The third kappa shape index (κ3) is 3.42. The Labute approximate surface area is 121 Å². The Kier molecular flexibility index (Phi) is 4.48. The predicted molar refractivity (Wildman–Crippen MR) is 75.7 cm³/mol. The quantitative estimate of drug-likeness (QED) is 0.914. The van der Waals surface area contributed by atoms with Crippen LogP contribution in [0.4, 0.5) is 0 Å². The molecule has 0 saturated carbocycles. The molecule has 2 aromatic rings. The molecule has 0 spiro atoms. The van der Waals surface area contributed by atoms with Crippen LogP contribution in [0.2, 0.25) is 5.02 Å². The molecule has 2 rings (SSSR count). The van der Waals surface area contributed by atoms with Crippen LogP contribution in [-0.2, 0) is 6.61 Å². The second-order valence-corrected chi connectivity index (χ2v) is 4.50. The van der Waals surface area contributed by atoms with E-state index in [-0.39, 0.29) is 10.6 Å². The number of hydrogen-bond acceptors (Lipinski definition) is 3. The van der Waals surface area contributed by atoms with E-state index in [4.69, 9.17) is 26.2 Å². The van der Waals surface area contributed by atoms with E-state index in [0.717, 1.165) is 11.3 Å². The second kappa shape index (κ2) is 6.30. The molecular weight excluding hydrogens is 280 g/mol. The summed E-state index contributed by atoms with van der Waals surface area (Å²) in [7, 11) is 1.60. The van der Waals surface area contributed by atoms with Crippen molar-refractivity contribution < 1.29 is 19.4 Å². The largest absolute Gasteiger partial charge is 0.497 e. The zero-order chi connectivity index (χ0) is 14.5. The molecule has 0 fully saturated rings. The fraction of sp³-hybridized carbons (Fsp3) is 0.133. The lowest BCUT2D eigenvalue weighted by Gasteiger charge is -2.09. The molecule has 2 aromatic carbocycles. The maximum absolute atomic E-state index is 10.8. The third-order valence-electron chi connectivity index (χ3n) is 2.71. The minimum atomic E-state index is -1.02. The van der Waals surface area contributed by atoms with Gasteiger partial charge in [-0.15, -0.1) is 0 Å². The Morgan fingerprint density at radius 2 is 2.05 bits per heavy atom. The van der Waals surface area contributed by atoms with E-state index in [0.29, 0.717) is 12.4 Å². The topological polar surface area (TPSA) is 55.8 Å². The fourth-order valence-electron chi connectivity index (χ4n) is 1.67. The van der Waals surface area contributed by atoms with Crippen molar-refractivity contribution >= 4 is 17.6 Å². The highest BCUT2D eigenvalue weighted by molar-refractivity contribution is 6.32. The first-order valence-corrected chi connectivity index (χ1v) is 6.26. The van der Waals surface area contributed by atoms with Gasteiger partial charge in [0.1, 0.15) is 18.1 Å². The van der Waals surface area contributed by atoms with Gasteiger partial charge in [-0.3, -0.25) is 0 Å². The summed E-state index contributed by atoms with van der Waals surface area (Å²) < 4.78 is 10.7. The standard InChI is InChI=1S/C15H13ClO4/c1-19-12-4-2-3-10(7-12)9-20-14-6-5-11(15(17)18)8-13(14)16/h2-8H,9H2,1H3,(H,17,18). The molecule has 0 aliphatic heterocycles. The number of carboxylic acid groups (broad SMARTS) is 1. The van der Waals surface area contributed by atoms with Crippen LogP contribution in [0, 0.1) is 0 Å². The van der Waals surface area contributed by atoms with Crippen LogP contribution in [0.25, 0.3) is 0 Å². The van der Waals surface area contributed by atoms with Crippen LogP contribution in [0.15, 0.2) is 42.5 Å². The highest BCUT2D eigenvalue weighted by atomic mass is 35.5. The van der Waals surface area contributed by atoms with Crippen molar-refractivity contribution in [2.24, 2.45) is 0 Å². The SMILES string of the molecule is COc1cccc(COc2ccc(C(=O)O)cc2Cl)c1. The Balaban J connectivity index is 2.08.